The van der Waals surface area contributed by atoms with Crippen molar-refractivity contribution in [1.29, 1.82) is 0 Å². The Kier molecular flexibility index (Phi) is 4.88. The summed E-state index contributed by atoms with van der Waals surface area (Å²) in [6.07, 6.45) is 2.77. The van der Waals surface area contributed by atoms with E-state index in [9.17, 15) is 9.59 Å². The van der Waals surface area contributed by atoms with Gasteiger partial charge in [-0.1, -0.05) is 0 Å². The molecule has 6 heteroatoms. The Morgan fingerprint density at radius 1 is 1.28 bits per heavy atom. The topological polar surface area (TPSA) is 75.4 Å². The fourth-order valence-corrected chi connectivity index (χ4v) is 3.85. The van der Waals surface area contributed by atoms with Gasteiger partial charge in [-0.2, -0.15) is 11.8 Å². The smallest absolute Gasteiger partial charge is 0.237 e. The molecule has 0 bridgehead atoms. The van der Waals surface area contributed by atoms with E-state index in [1.807, 2.05) is 11.8 Å². The minimum Gasteiger partial charge on any atom is -0.368 e. The second-order valence-electron chi connectivity index (χ2n) is 4.97. The SMILES string of the molecule is NC(=O)CN(C(=O)C1CCSC1)C1CCNCC1. The number of primary amides is 1. The first-order chi connectivity index (χ1) is 8.68. The molecule has 18 heavy (non-hydrogen) atoms. The normalized spacial score (nSPS) is 25.0. The molecule has 3 N–H and O–H groups in total. The second-order valence-corrected chi connectivity index (χ2v) is 6.12. The summed E-state index contributed by atoms with van der Waals surface area (Å²) in [5.41, 5.74) is 5.28. The zero-order chi connectivity index (χ0) is 13.0. The largest absolute Gasteiger partial charge is 0.368 e. The van der Waals surface area contributed by atoms with Gasteiger partial charge in [-0.25, -0.2) is 0 Å². The van der Waals surface area contributed by atoms with Crippen molar-refractivity contribution in [3.8, 4) is 0 Å². The number of hydrogen-bond acceptors (Lipinski definition) is 4. The summed E-state index contributed by atoms with van der Waals surface area (Å²) in [6, 6.07) is 0.178. The van der Waals surface area contributed by atoms with E-state index in [4.69, 9.17) is 5.73 Å². The summed E-state index contributed by atoms with van der Waals surface area (Å²) in [5, 5.41) is 3.27. The lowest BCUT2D eigenvalue weighted by Crippen LogP contribution is -2.51. The lowest BCUT2D eigenvalue weighted by atomic mass is 10.0. The molecular weight excluding hydrogens is 250 g/mol. The number of amides is 2. The van der Waals surface area contributed by atoms with Crippen LogP contribution in [0, 0.1) is 5.92 Å². The maximum atomic E-state index is 12.5. The number of hydrogen-bond donors (Lipinski definition) is 2. The quantitative estimate of drug-likeness (QED) is 0.743. The molecule has 5 nitrogen and oxygen atoms in total. The third-order valence-electron chi connectivity index (χ3n) is 3.64. The molecule has 2 heterocycles. The van der Waals surface area contributed by atoms with E-state index in [1.165, 1.54) is 0 Å². The van der Waals surface area contributed by atoms with E-state index in [-0.39, 0.29) is 24.4 Å². The highest BCUT2D eigenvalue weighted by Crippen LogP contribution is 2.26. The fourth-order valence-electron chi connectivity index (χ4n) is 2.64. The lowest BCUT2D eigenvalue weighted by molar-refractivity contribution is -0.141. The Morgan fingerprint density at radius 2 is 2.00 bits per heavy atom. The first-order valence-corrected chi connectivity index (χ1v) is 7.71. The van der Waals surface area contributed by atoms with E-state index in [2.05, 4.69) is 5.32 Å². The van der Waals surface area contributed by atoms with Crippen LogP contribution >= 0.6 is 11.8 Å². The van der Waals surface area contributed by atoms with Crippen molar-refractivity contribution < 1.29 is 9.59 Å². The standard InChI is InChI=1S/C12H21N3O2S/c13-11(16)7-15(10-1-4-14-5-2-10)12(17)9-3-6-18-8-9/h9-10,14H,1-8H2,(H2,13,16). The minimum absolute atomic E-state index is 0.0741. The summed E-state index contributed by atoms with van der Waals surface area (Å²) in [5.74, 6) is 1.74. The maximum Gasteiger partial charge on any atom is 0.237 e. The lowest BCUT2D eigenvalue weighted by Gasteiger charge is -2.35. The summed E-state index contributed by atoms with van der Waals surface area (Å²) in [7, 11) is 0. The van der Waals surface area contributed by atoms with Crippen LogP contribution in [-0.2, 0) is 9.59 Å². The molecule has 0 saturated carbocycles. The Labute approximate surface area is 112 Å². The highest BCUT2D eigenvalue weighted by molar-refractivity contribution is 7.99. The first kappa shape index (κ1) is 13.7. The number of carbonyl (C=O) groups is 2. The van der Waals surface area contributed by atoms with Crippen LogP contribution in [0.15, 0.2) is 0 Å². The van der Waals surface area contributed by atoms with Crippen molar-refractivity contribution in [2.45, 2.75) is 25.3 Å². The van der Waals surface area contributed by atoms with Crippen LogP contribution in [0.1, 0.15) is 19.3 Å². The average molecular weight is 271 g/mol. The molecule has 102 valence electrons. The molecule has 0 spiro atoms. The van der Waals surface area contributed by atoms with Gasteiger partial charge in [-0.15, -0.1) is 0 Å². The molecule has 2 aliphatic rings. The molecule has 2 saturated heterocycles. The molecule has 0 aromatic carbocycles. The van der Waals surface area contributed by atoms with Gasteiger partial charge in [0, 0.05) is 17.7 Å². The molecule has 0 aromatic rings. The van der Waals surface area contributed by atoms with Gasteiger partial charge in [0.25, 0.3) is 0 Å². The molecular formula is C12H21N3O2S. The van der Waals surface area contributed by atoms with E-state index in [0.717, 1.165) is 43.9 Å². The number of thioether (sulfide) groups is 1. The third kappa shape index (κ3) is 3.38. The Balaban J connectivity index is 2.02. The molecule has 0 aromatic heterocycles. The Morgan fingerprint density at radius 3 is 2.56 bits per heavy atom. The van der Waals surface area contributed by atoms with Crippen LogP contribution in [0.2, 0.25) is 0 Å². The number of nitrogens with one attached hydrogen (secondary N) is 1. The van der Waals surface area contributed by atoms with Gasteiger partial charge in [0.2, 0.25) is 11.8 Å². The van der Waals surface area contributed by atoms with Gasteiger partial charge in [0.05, 0.1) is 6.54 Å². The predicted molar refractivity (Wildman–Crippen MR) is 72.2 cm³/mol. The maximum absolute atomic E-state index is 12.5. The monoisotopic (exact) mass is 271 g/mol. The van der Waals surface area contributed by atoms with Crippen molar-refractivity contribution in [2.75, 3.05) is 31.1 Å². The first-order valence-electron chi connectivity index (χ1n) is 6.55. The van der Waals surface area contributed by atoms with E-state index >= 15 is 0 Å². The van der Waals surface area contributed by atoms with Crippen molar-refractivity contribution >= 4 is 23.6 Å². The molecule has 0 radical (unpaired) electrons. The number of rotatable bonds is 4. The van der Waals surface area contributed by atoms with Gasteiger partial charge in [0.15, 0.2) is 0 Å². The summed E-state index contributed by atoms with van der Waals surface area (Å²) in [4.78, 5) is 25.4. The molecule has 1 atom stereocenters. The van der Waals surface area contributed by atoms with Gasteiger partial charge in [-0.05, 0) is 38.1 Å². The molecule has 2 amide bonds. The predicted octanol–water partition coefficient (Wildman–Crippen LogP) is -0.195. The second kappa shape index (κ2) is 6.43. The van der Waals surface area contributed by atoms with E-state index < -0.39 is 5.91 Å². The van der Waals surface area contributed by atoms with Crippen molar-refractivity contribution in [3.63, 3.8) is 0 Å². The zero-order valence-corrected chi connectivity index (χ0v) is 11.4. The van der Waals surface area contributed by atoms with Crippen molar-refractivity contribution in [2.24, 2.45) is 11.7 Å². The third-order valence-corrected chi connectivity index (χ3v) is 4.80. The van der Waals surface area contributed by atoms with E-state index in [1.54, 1.807) is 4.90 Å². The van der Waals surface area contributed by atoms with Crippen LogP contribution in [0.4, 0.5) is 0 Å². The molecule has 2 fully saturated rings. The number of carbonyl (C=O) groups excluding carboxylic acids is 2. The molecule has 0 aliphatic carbocycles. The highest BCUT2D eigenvalue weighted by Gasteiger charge is 2.32. The Hall–Kier alpha value is -0.750. The van der Waals surface area contributed by atoms with E-state index in [0.29, 0.717) is 0 Å². The molecule has 2 rings (SSSR count). The van der Waals surface area contributed by atoms with Crippen LogP contribution in [-0.4, -0.2) is 53.9 Å². The van der Waals surface area contributed by atoms with Crippen LogP contribution in [0.5, 0.6) is 0 Å². The highest BCUT2D eigenvalue weighted by atomic mass is 32.2. The van der Waals surface area contributed by atoms with Gasteiger partial charge < -0.3 is 16.0 Å². The number of nitrogens with zero attached hydrogens (tertiary/aromatic N) is 1. The number of piperidine rings is 1. The summed E-state index contributed by atoms with van der Waals surface area (Å²) < 4.78 is 0. The van der Waals surface area contributed by atoms with Crippen LogP contribution in [0.25, 0.3) is 0 Å². The van der Waals surface area contributed by atoms with Crippen molar-refractivity contribution in [3.05, 3.63) is 0 Å². The van der Waals surface area contributed by atoms with Crippen LogP contribution < -0.4 is 11.1 Å². The average Bonchev–Trinajstić information content (AvgIpc) is 2.90. The summed E-state index contributed by atoms with van der Waals surface area (Å²) in [6.45, 7) is 1.89. The van der Waals surface area contributed by atoms with Crippen molar-refractivity contribution in [1.82, 2.24) is 10.2 Å². The Bertz CT molecular complexity index is 312. The molecule has 1 unspecified atom stereocenters. The van der Waals surface area contributed by atoms with Gasteiger partial charge in [0.1, 0.15) is 0 Å². The van der Waals surface area contributed by atoms with Gasteiger partial charge in [-0.3, -0.25) is 9.59 Å². The molecule has 2 aliphatic heterocycles. The van der Waals surface area contributed by atoms with Gasteiger partial charge >= 0.3 is 0 Å². The van der Waals surface area contributed by atoms with Crippen LogP contribution in [0.3, 0.4) is 0 Å². The zero-order valence-electron chi connectivity index (χ0n) is 10.6. The minimum atomic E-state index is -0.410. The summed E-state index contributed by atoms with van der Waals surface area (Å²) >= 11 is 1.82. The fraction of sp³-hybridized carbons (Fsp3) is 0.833. The number of nitrogens with two attached hydrogens (primary N) is 1.